The van der Waals surface area contributed by atoms with Gasteiger partial charge in [-0.25, -0.2) is 0 Å². The van der Waals surface area contributed by atoms with Crippen LogP contribution in [0.3, 0.4) is 0 Å². The van der Waals surface area contributed by atoms with Crippen molar-refractivity contribution >= 4 is 0 Å². The second-order valence-corrected chi connectivity index (χ2v) is 6.03. The lowest BCUT2D eigenvalue weighted by Gasteiger charge is -2.35. The summed E-state index contributed by atoms with van der Waals surface area (Å²) in [5.74, 6) is 2.27. The third-order valence-electron chi connectivity index (χ3n) is 4.17. The Labute approximate surface area is 107 Å². The highest BCUT2D eigenvalue weighted by Crippen LogP contribution is 2.32. The normalized spacial score (nSPS) is 29.8. The van der Waals surface area contributed by atoms with Gasteiger partial charge < -0.3 is 10.5 Å². The molecular weight excluding hydrogens is 210 g/mol. The van der Waals surface area contributed by atoms with Crippen molar-refractivity contribution in [1.29, 1.82) is 0 Å². The Morgan fingerprint density at radius 1 is 1.29 bits per heavy atom. The molecule has 0 aromatic rings. The summed E-state index contributed by atoms with van der Waals surface area (Å²) in [6.45, 7) is 8.57. The lowest BCUT2D eigenvalue weighted by atomic mass is 9.78. The summed E-state index contributed by atoms with van der Waals surface area (Å²) in [6, 6.07) is 0. The lowest BCUT2D eigenvalue weighted by Crippen LogP contribution is -2.36. The first-order chi connectivity index (χ1) is 8.17. The van der Waals surface area contributed by atoms with Crippen LogP contribution in [0.4, 0.5) is 0 Å². The van der Waals surface area contributed by atoms with Crippen molar-refractivity contribution in [2.24, 2.45) is 23.5 Å². The summed E-state index contributed by atoms with van der Waals surface area (Å²) in [5.41, 5.74) is 5.85. The highest BCUT2D eigenvalue weighted by molar-refractivity contribution is 4.81. The molecule has 1 fully saturated rings. The molecule has 0 amide bonds. The Bertz CT molecular complexity index is 193. The standard InChI is InChI=1S/C15H31NO/c1-4-13-7-8-14(11-16)15(10-13)17-9-5-6-12(2)3/h12-15H,4-11,16H2,1-3H3. The number of rotatable bonds is 7. The molecule has 1 rings (SSSR count). The molecule has 3 unspecified atom stereocenters. The summed E-state index contributed by atoms with van der Waals surface area (Å²) in [4.78, 5) is 0. The van der Waals surface area contributed by atoms with Crippen molar-refractivity contribution in [3.05, 3.63) is 0 Å². The third-order valence-corrected chi connectivity index (χ3v) is 4.17. The molecule has 0 bridgehead atoms. The molecule has 0 heterocycles. The second-order valence-electron chi connectivity index (χ2n) is 6.03. The van der Waals surface area contributed by atoms with Crippen LogP contribution in [0, 0.1) is 17.8 Å². The summed E-state index contributed by atoms with van der Waals surface area (Å²) in [7, 11) is 0. The maximum Gasteiger partial charge on any atom is 0.0617 e. The Morgan fingerprint density at radius 3 is 2.65 bits per heavy atom. The van der Waals surface area contributed by atoms with Gasteiger partial charge >= 0.3 is 0 Å². The van der Waals surface area contributed by atoms with E-state index in [1.165, 1.54) is 38.5 Å². The zero-order chi connectivity index (χ0) is 12.7. The molecule has 0 radical (unpaired) electrons. The molecule has 17 heavy (non-hydrogen) atoms. The molecule has 0 aromatic carbocycles. The van der Waals surface area contributed by atoms with Gasteiger partial charge in [-0.3, -0.25) is 0 Å². The van der Waals surface area contributed by atoms with E-state index in [9.17, 15) is 0 Å². The second kappa shape index (κ2) is 8.10. The highest BCUT2D eigenvalue weighted by atomic mass is 16.5. The Balaban J connectivity index is 2.26. The Hall–Kier alpha value is -0.0800. The van der Waals surface area contributed by atoms with Crippen LogP contribution in [0.2, 0.25) is 0 Å². The third kappa shape index (κ3) is 5.39. The van der Waals surface area contributed by atoms with Gasteiger partial charge in [0.15, 0.2) is 0 Å². The maximum absolute atomic E-state index is 6.09. The van der Waals surface area contributed by atoms with Crippen LogP contribution >= 0.6 is 0 Å². The molecule has 1 aliphatic carbocycles. The molecule has 1 saturated carbocycles. The van der Waals surface area contributed by atoms with E-state index in [4.69, 9.17) is 10.5 Å². The van der Waals surface area contributed by atoms with E-state index < -0.39 is 0 Å². The van der Waals surface area contributed by atoms with Crippen LogP contribution < -0.4 is 5.73 Å². The fourth-order valence-electron chi connectivity index (χ4n) is 2.85. The average molecular weight is 241 g/mol. The predicted octanol–water partition coefficient (Wildman–Crippen LogP) is 3.59. The molecule has 0 aliphatic heterocycles. The molecule has 2 N–H and O–H groups in total. The lowest BCUT2D eigenvalue weighted by molar-refractivity contribution is -0.0256. The highest BCUT2D eigenvalue weighted by Gasteiger charge is 2.29. The van der Waals surface area contributed by atoms with Gasteiger partial charge in [0, 0.05) is 6.61 Å². The van der Waals surface area contributed by atoms with Crippen molar-refractivity contribution in [1.82, 2.24) is 0 Å². The van der Waals surface area contributed by atoms with Crippen molar-refractivity contribution in [2.75, 3.05) is 13.2 Å². The minimum Gasteiger partial charge on any atom is -0.378 e. The zero-order valence-electron chi connectivity index (χ0n) is 12.0. The quantitative estimate of drug-likeness (QED) is 0.691. The van der Waals surface area contributed by atoms with Crippen molar-refractivity contribution in [3.8, 4) is 0 Å². The van der Waals surface area contributed by atoms with E-state index in [1.54, 1.807) is 0 Å². The Morgan fingerprint density at radius 2 is 2.06 bits per heavy atom. The zero-order valence-corrected chi connectivity index (χ0v) is 12.0. The van der Waals surface area contributed by atoms with Gasteiger partial charge in [0.1, 0.15) is 0 Å². The largest absolute Gasteiger partial charge is 0.378 e. The first-order valence-corrected chi connectivity index (χ1v) is 7.49. The summed E-state index contributed by atoms with van der Waals surface area (Å²) in [5, 5.41) is 0. The van der Waals surface area contributed by atoms with E-state index in [2.05, 4.69) is 20.8 Å². The van der Waals surface area contributed by atoms with Crippen LogP contribution in [0.25, 0.3) is 0 Å². The molecule has 0 saturated heterocycles. The minimum absolute atomic E-state index is 0.436. The van der Waals surface area contributed by atoms with E-state index >= 15 is 0 Å². The van der Waals surface area contributed by atoms with E-state index in [1.807, 2.05) is 0 Å². The number of hydrogen-bond acceptors (Lipinski definition) is 2. The molecule has 3 atom stereocenters. The van der Waals surface area contributed by atoms with E-state index in [-0.39, 0.29) is 0 Å². The van der Waals surface area contributed by atoms with Gasteiger partial charge in [-0.05, 0) is 56.4 Å². The van der Waals surface area contributed by atoms with Crippen LogP contribution in [0.15, 0.2) is 0 Å². The fraction of sp³-hybridized carbons (Fsp3) is 1.00. The minimum atomic E-state index is 0.436. The van der Waals surface area contributed by atoms with E-state index in [0.29, 0.717) is 12.0 Å². The number of nitrogens with two attached hydrogens (primary N) is 1. The maximum atomic E-state index is 6.09. The summed E-state index contributed by atoms with van der Waals surface area (Å²) in [6.07, 6.45) is 8.06. The van der Waals surface area contributed by atoms with Crippen LogP contribution in [-0.4, -0.2) is 19.3 Å². The average Bonchev–Trinajstić information content (AvgIpc) is 2.34. The SMILES string of the molecule is CCC1CCC(CN)C(OCCCC(C)C)C1. The summed E-state index contributed by atoms with van der Waals surface area (Å²) < 4.78 is 6.09. The van der Waals surface area contributed by atoms with Gasteiger partial charge in [-0.15, -0.1) is 0 Å². The molecule has 0 spiro atoms. The monoisotopic (exact) mass is 241 g/mol. The van der Waals surface area contributed by atoms with Crippen molar-refractivity contribution in [2.45, 2.75) is 65.4 Å². The molecular formula is C15H31NO. The predicted molar refractivity (Wildman–Crippen MR) is 74.0 cm³/mol. The van der Waals surface area contributed by atoms with Crippen molar-refractivity contribution in [3.63, 3.8) is 0 Å². The van der Waals surface area contributed by atoms with Gasteiger partial charge in [-0.2, -0.15) is 0 Å². The van der Waals surface area contributed by atoms with Gasteiger partial charge in [-0.1, -0.05) is 27.2 Å². The van der Waals surface area contributed by atoms with Crippen LogP contribution in [-0.2, 0) is 4.74 Å². The molecule has 2 heteroatoms. The molecule has 1 aliphatic rings. The topological polar surface area (TPSA) is 35.2 Å². The summed E-state index contributed by atoms with van der Waals surface area (Å²) >= 11 is 0. The molecule has 102 valence electrons. The fourth-order valence-corrected chi connectivity index (χ4v) is 2.85. The Kier molecular flexibility index (Phi) is 7.14. The number of ether oxygens (including phenoxy) is 1. The van der Waals surface area contributed by atoms with Gasteiger partial charge in [0.05, 0.1) is 6.10 Å². The first kappa shape index (κ1) is 15.0. The first-order valence-electron chi connectivity index (χ1n) is 7.49. The number of hydrogen-bond donors (Lipinski definition) is 1. The smallest absolute Gasteiger partial charge is 0.0617 e. The van der Waals surface area contributed by atoms with Crippen molar-refractivity contribution < 1.29 is 4.74 Å². The van der Waals surface area contributed by atoms with Crippen LogP contribution in [0.1, 0.15) is 59.3 Å². The molecule has 0 aromatic heterocycles. The molecule has 2 nitrogen and oxygen atoms in total. The van der Waals surface area contributed by atoms with E-state index in [0.717, 1.165) is 25.0 Å². The van der Waals surface area contributed by atoms with Crippen LogP contribution in [0.5, 0.6) is 0 Å². The van der Waals surface area contributed by atoms with Gasteiger partial charge in [0.2, 0.25) is 0 Å². The van der Waals surface area contributed by atoms with Gasteiger partial charge in [0.25, 0.3) is 0 Å².